The number of nitrogens with zero attached hydrogens (tertiary/aromatic N) is 1. The van der Waals surface area contributed by atoms with Crippen molar-refractivity contribution in [1.29, 1.82) is 0 Å². The highest BCUT2D eigenvalue weighted by Gasteiger charge is 2.45. The third kappa shape index (κ3) is 4.48. The van der Waals surface area contributed by atoms with Gasteiger partial charge < -0.3 is 4.74 Å². The Morgan fingerprint density at radius 1 is 0.971 bits per heavy atom. The van der Waals surface area contributed by atoms with Gasteiger partial charge in [-0.15, -0.1) is 0 Å². The number of allylic oxidation sites excluding steroid dienone is 2. The van der Waals surface area contributed by atoms with Crippen LogP contribution in [0.25, 0.3) is 0 Å². The molecule has 2 aliphatic carbocycles. The topological polar surface area (TPSA) is 55.7 Å². The van der Waals surface area contributed by atoms with Gasteiger partial charge in [-0.3, -0.25) is 14.6 Å². The summed E-state index contributed by atoms with van der Waals surface area (Å²) in [6, 6.07) is 17.6. The summed E-state index contributed by atoms with van der Waals surface area (Å²) >= 11 is 6.64. The van der Waals surface area contributed by atoms with E-state index in [1.54, 1.807) is 0 Å². The van der Waals surface area contributed by atoms with Crippen LogP contribution in [-0.4, -0.2) is 23.6 Å². The minimum absolute atomic E-state index is 0.0479. The van der Waals surface area contributed by atoms with E-state index in [1.165, 1.54) is 6.42 Å². The fourth-order valence-corrected chi connectivity index (χ4v) is 6.06. The van der Waals surface area contributed by atoms with Crippen molar-refractivity contribution in [3.8, 4) is 0 Å². The number of benzene rings is 2. The van der Waals surface area contributed by atoms with Crippen molar-refractivity contribution >= 4 is 29.1 Å². The van der Waals surface area contributed by atoms with Gasteiger partial charge in [0.2, 0.25) is 0 Å². The monoisotopic (exact) mass is 475 g/mol. The normalized spacial score (nSPS) is 25.5. The van der Waals surface area contributed by atoms with Gasteiger partial charge in [-0.2, -0.15) is 0 Å². The zero-order valence-corrected chi connectivity index (χ0v) is 20.3. The maximum atomic E-state index is 13.6. The molecule has 4 nitrogen and oxygen atoms in total. The Morgan fingerprint density at radius 3 is 2.41 bits per heavy atom. The van der Waals surface area contributed by atoms with E-state index in [4.69, 9.17) is 21.3 Å². The number of ketones is 1. The summed E-state index contributed by atoms with van der Waals surface area (Å²) in [5.41, 5.74) is 4.06. The van der Waals surface area contributed by atoms with Crippen molar-refractivity contribution in [1.82, 2.24) is 0 Å². The Kier molecular flexibility index (Phi) is 6.69. The lowest BCUT2D eigenvalue weighted by Gasteiger charge is -2.37. The smallest absolute Gasteiger partial charge is 0.315 e. The van der Waals surface area contributed by atoms with Crippen LogP contribution in [0.1, 0.15) is 74.8 Å². The molecule has 0 aromatic heterocycles. The van der Waals surface area contributed by atoms with Crippen molar-refractivity contribution in [3.05, 3.63) is 82.0 Å². The van der Waals surface area contributed by atoms with E-state index in [1.807, 2.05) is 49.4 Å². The predicted molar refractivity (Wildman–Crippen MR) is 134 cm³/mol. The number of hydrogen-bond donors (Lipinski definition) is 0. The summed E-state index contributed by atoms with van der Waals surface area (Å²) in [5, 5.41) is 0.558. The maximum Gasteiger partial charge on any atom is 0.315 e. The van der Waals surface area contributed by atoms with Crippen molar-refractivity contribution in [2.75, 3.05) is 0 Å². The molecule has 1 fully saturated rings. The number of aliphatic imine (C=N–C) groups is 1. The van der Waals surface area contributed by atoms with Crippen molar-refractivity contribution < 1.29 is 14.3 Å². The summed E-state index contributed by atoms with van der Waals surface area (Å²) in [6.45, 7) is 1.89. The molecule has 2 aromatic rings. The van der Waals surface area contributed by atoms with Gasteiger partial charge in [0, 0.05) is 34.3 Å². The fourth-order valence-electron chi connectivity index (χ4n) is 5.81. The number of rotatable bonds is 4. The van der Waals surface area contributed by atoms with Crippen LogP contribution in [0.3, 0.4) is 0 Å². The van der Waals surface area contributed by atoms with Crippen LogP contribution in [0.5, 0.6) is 0 Å². The van der Waals surface area contributed by atoms with E-state index in [9.17, 15) is 9.59 Å². The number of Topliss-reactive ketones (excluding diaryl/α,β-unsaturated/α-hetero) is 1. The van der Waals surface area contributed by atoms with Crippen LogP contribution in [-0.2, 0) is 14.3 Å². The van der Waals surface area contributed by atoms with Gasteiger partial charge in [-0.1, -0.05) is 66.6 Å². The second-order valence-electron chi connectivity index (χ2n) is 9.73. The summed E-state index contributed by atoms with van der Waals surface area (Å²) in [7, 11) is 0. The van der Waals surface area contributed by atoms with E-state index in [0.29, 0.717) is 29.1 Å². The lowest BCUT2D eigenvalue weighted by molar-refractivity contribution is -0.153. The van der Waals surface area contributed by atoms with Crippen LogP contribution >= 0.6 is 11.6 Å². The molecule has 1 saturated carbocycles. The average Bonchev–Trinajstić information content (AvgIpc) is 2.84. The Morgan fingerprint density at radius 2 is 1.68 bits per heavy atom. The predicted octanol–water partition coefficient (Wildman–Crippen LogP) is 6.79. The van der Waals surface area contributed by atoms with Gasteiger partial charge >= 0.3 is 5.97 Å². The summed E-state index contributed by atoms with van der Waals surface area (Å²) < 4.78 is 6.00. The van der Waals surface area contributed by atoms with Gasteiger partial charge in [0.15, 0.2) is 5.78 Å². The fraction of sp³-hybridized carbons (Fsp3) is 0.414. The van der Waals surface area contributed by atoms with Crippen LogP contribution in [0, 0.1) is 5.92 Å². The standard InChI is InChI=1S/C29H30ClNO3/c1-18-26(29(33)34-21-12-6-3-7-13-21)27(22-14-8-9-15-23(22)30)28-24(31-18)16-20(17-25(28)32)19-10-4-2-5-11-19/h2,4-5,8-11,14-15,20-21,26-27H,3,6-7,12-13,16-17H2,1H3/t20-,26?,27+/m0/s1. The van der Waals surface area contributed by atoms with Crippen LogP contribution in [0.2, 0.25) is 5.02 Å². The summed E-state index contributed by atoms with van der Waals surface area (Å²) in [4.78, 5) is 32.1. The Bertz CT molecular complexity index is 1150. The molecule has 0 N–H and O–H groups in total. The SMILES string of the molecule is CC1=NC2=C(C(=O)C[C@@H](c3ccccc3)C2)[C@H](c2ccccc2Cl)C1C(=O)OC1CCCCC1. The molecular formula is C29H30ClNO3. The molecule has 3 atom stereocenters. The third-order valence-electron chi connectivity index (χ3n) is 7.49. The molecule has 0 bridgehead atoms. The molecule has 176 valence electrons. The molecule has 5 heteroatoms. The van der Waals surface area contributed by atoms with Gasteiger partial charge in [-0.25, -0.2) is 0 Å². The number of carbonyl (C=O) groups excluding carboxylic acids is 2. The first-order chi connectivity index (χ1) is 16.5. The van der Waals surface area contributed by atoms with Crippen LogP contribution < -0.4 is 0 Å². The minimum atomic E-state index is -0.641. The molecule has 5 rings (SSSR count). The molecule has 0 amide bonds. The molecule has 1 unspecified atom stereocenters. The molecular weight excluding hydrogens is 446 g/mol. The first-order valence-corrected chi connectivity index (χ1v) is 12.7. The summed E-state index contributed by atoms with van der Waals surface area (Å²) in [6.07, 6.45) is 6.18. The second kappa shape index (κ2) is 9.87. The first-order valence-electron chi connectivity index (χ1n) is 12.3. The zero-order valence-electron chi connectivity index (χ0n) is 19.5. The minimum Gasteiger partial charge on any atom is -0.462 e. The van der Waals surface area contributed by atoms with Crippen LogP contribution in [0.4, 0.5) is 0 Å². The largest absolute Gasteiger partial charge is 0.462 e. The van der Waals surface area contributed by atoms with Gasteiger partial charge in [-0.05, 0) is 62.1 Å². The van der Waals surface area contributed by atoms with Crippen molar-refractivity contribution in [2.45, 2.75) is 69.8 Å². The highest BCUT2D eigenvalue weighted by Crippen LogP contribution is 2.48. The summed E-state index contributed by atoms with van der Waals surface area (Å²) in [5.74, 6) is -1.27. The molecule has 2 aromatic carbocycles. The first kappa shape index (κ1) is 23.0. The molecule has 0 spiro atoms. The number of esters is 1. The van der Waals surface area contributed by atoms with Crippen molar-refractivity contribution in [3.63, 3.8) is 0 Å². The number of carbonyl (C=O) groups is 2. The van der Waals surface area contributed by atoms with E-state index in [2.05, 4.69) is 12.1 Å². The third-order valence-corrected chi connectivity index (χ3v) is 7.83. The Hall–Kier alpha value is -2.72. The van der Waals surface area contributed by atoms with Crippen LogP contribution in [0.15, 0.2) is 70.9 Å². The number of hydrogen-bond acceptors (Lipinski definition) is 4. The average molecular weight is 476 g/mol. The van der Waals surface area contributed by atoms with E-state index >= 15 is 0 Å². The van der Waals surface area contributed by atoms with E-state index in [0.717, 1.165) is 42.5 Å². The van der Waals surface area contributed by atoms with Gasteiger partial charge in [0.05, 0.1) is 0 Å². The molecule has 3 aliphatic rings. The maximum absolute atomic E-state index is 13.6. The number of halogens is 1. The molecule has 0 saturated heterocycles. The Balaban J connectivity index is 1.54. The van der Waals surface area contributed by atoms with Crippen molar-refractivity contribution in [2.24, 2.45) is 10.9 Å². The highest BCUT2D eigenvalue weighted by molar-refractivity contribution is 6.31. The quantitative estimate of drug-likeness (QED) is 0.457. The molecule has 34 heavy (non-hydrogen) atoms. The zero-order chi connectivity index (χ0) is 23.7. The van der Waals surface area contributed by atoms with Gasteiger partial charge in [0.1, 0.15) is 12.0 Å². The molecule has 1 heterocycles. The van der Waals surface area contributed by atoms with E-state index < -0.39 is 11.8 Å². The lowest BCUT2D eigenvalue weighted by atomic mass is 9.69. The highest BCUT2D eigenvalue weighted by atomic mass is 35.5. The van der Waals surface area contributed by atoms with Gasteiger partial charge in [0.25, 0.3) is 0 Å². The second-order valence-corrected chi connectivity index (χ2v) is 10.1. The molecule has 1 aliphatic heterocycles. The lowest BCUT2D eigenvalue weighted by Crippen LogP contribution is -2.39. The van der Waals surface area contributed by atoms with E-state index in [-0.39, 0.29) is 23.8 Å². The Labute approximate surface area is 206 Å². The number of ether oxygens (including phenoxy) is 1. The molecule has 0 radical (unpaired) electrons.